The number of ether oxygens (including phenoxy) is 2. The van der Waals surface area contributed by atoms with Crippen LogP contribution < -0.4 is 14.8 Å². The average Bonchev–Trinajstić information content (AvgIpc) is 2.49. The van der Waals surface area contributed by atoms with Gasteiger partial charge >= 0.3 is 0 Å². The van der Waals surface area contributed by atoms with Crippen molar-refractivity contribution in [3.8, 4) is 11.5 Å². The second kappa shape index (κ2) is 6.83. The maximum atomic E-state index is 6.15. The lowest BCUT2D eigenvalue weighted by atomic mass is 9.96. The molecule has 1 atom stereocenters. The van der Waals surface area contributed by atoms with E-state index in [1.54, 1.807) is 14.2 Å². The molecule has 1 N–H and O–H groups in total. The number of methoxy groups -OCH3 is 2. The molecule has 1 unspecified atom stereocenters. The normalized spacial score (nSPS) is 12.0. The Morgan fingerprint density at radius 1 is 0.952 bits per heavy atom. The zero-order valence-electron chi connectivity index (χ0n) is 12.7. The topological polar surface area (TPSA) is 30.5 Å². The molecule has 0 saturated carbocycles. The van der Waals surface area contributed by atoms with E-state index in [1.807, 2.05) is 38.2 Å². The number of rotatable bonds is 5. The van der Waals surface area contributed by atoms with Crippen molar-refractivity contribution < 1.29 is 9.47 Å². The second-order valence-electron chi connectivity index (χ2n) is 4.85. The van der Waals surface area contributed by atoms with E-state index < -0.39 is 0 Å². The minimum atomic E-state index is -0.0609. The molecule has 2 rings (SSSR count). The first-order chi connectivity index (χ1) is 10.1. The molecule has 0 aliphatic rings. The van der Waals surface area contributed by atoms with Crippen LogP contribution in [0.25, 0.3) is 0 Å². The van der Waals surface area contributed by atoms with Gasteiger partial charge < -0.3 is 14.8 Å². The fourth-order valence-corrected chi connectivity index (χ4v) is 2.65. The number of aryl methyl sites for hydroxylation is 1. The van der Waals surface area contributed by atoms with Crippen LogP contribution in [-0.4, -0.2) is 21.3 Å². The highest BCUT2D eigenvalue weighted by molar-refractivity contribution is 6.30. The van der Waals surface area contributed by atoms with Crippen LogP contribution in [0.2, 0.25) is 5.02 Å². The molecule has 0 spiro atoms. The van der Waals surface area contributed by atoms with Crippen molar-refractivity contribution >= 4 is 11.6 Å². The van der Waals surface area contributed by atoms with Crippen LogP contribution >= 0.6 is 11.6 Å². The summed E-state index contributed by atoms with van der Waals surface area (Å²) in [6.45, 7) is 2.04. The third-order valence-electron chi connectivity index (χ3n) is 3.49. The molecule has 0 saturated heterocycles. The summed E-state index contributed by atoms with van der Waals surface area (Å²) in [6.07, 6.45) is 0. The molecule has 112 valence electrons. The maximum absolute atomic E-state index is 6.15. The third-order valence-corrected chi connectivity index (χ3v) is 3.73. The Kier molecular flexibility index (Phi) is 5.10. The number of benzene rings is 2. The molecule has 0 aliphatic heterocycles. The van der Waals surface area contributed by atoms with E-state index in [-0.39, 0.29) is 6.04 Å². The van der Waals surface area contributed by atoms with Gasteiger partial charge in [0.05, 0.1) is 20.3 Å². The summed E-state index contributed by atoms with van der Waals surface area (Å²) in [4.78, 5) is 0. The molecular formula is C17H20ClNO2. The van der Waals surface area contributed by atoms with Gasteiger partial charge in [-0.2, -0.15) is 0 Å². The van der Waals surface area contributed by atoms with Crippen molar-refractivity contribution in [3.05, 3.63) is 58.1 Å². The first-order valence-electron chi connectivity index (χ1n) is 6.76. The van der Waals surface area contributed by atoms with Gasteiger partial charge in [-0.3, -0.25) is 0 Å². The van der Waals surface area contributed by atoms with Crippen LogP contribution in [-0.2, 0) is 0 Å². The van der Waals surface area contributed by atoms with E-state index in [0.717, 1.165) is 28.2 Å². The van der Waals surface area contributed by atoms with Gasteiger partial charge in [0.2, 0.25) is 0 Å². The molecule has 2 aromatic carbocycles. The van der Waals surface area contributed by atoms with E-state index in [1.165, 1.54) is 0 Å². The minimum absolute atomic E-state index is 0.0609. The van der Waals surface area contributed by atoms with Gasteiger partial charge in [-0.1, -0.05) is 23.7 Å². The molecule has 0 radical (unpaired) electrons. The van der Waals surface area contributed by atoms with Crippen molar-refractivity contribution in [1.82, 2.24) is 5.32 Å². The smallest absolute Gasteiger partial charge is 0.124 e. The molecule has 0 fully saturated rings. The molecule has 3 nitrogen and oxygen atoms in total. The van der Waals surface area contributed by atoms with Gasteiger partial charge in [-0.15, -0.1) is 0 Å². The second-order valence-corrected chi connectivity index (χ2v) is 5.29. The molecule has 0 heterocycles. The zero-order chi connectivity index (χ0) is 15.4. The van der Waals surface area contributed by atoms with E-state index in [4.69, 9.17) is 21.1 Å². The van der Waals surface area contributed by atoms with Crippen molar-refractivity contribution in [2.75, 3.05) is 21.3 Å². The van der Waals surface area contributed by atoms with Gasteiger partial charge in [0.1, 0.15) is 11.5 Å². The highest BCUT2D eigenvalue weighted by Gasteiger charge is 2.20. The van der Waals surface area contributed by atoms with Crippen LogP contribution in [0.4, 0.5) is 0 Å². The predicted molar refractivity (Wildman–Crippen MR) is 86.6 cm³/mol. The first kappa shape index (κ1) is 15.7. The predicted octanol–water partition coefficient (Wildman–Crippen LogP) is 3.97. The first-order valence-corrected chi connectivity index (χ1v) is 7.13. The minimum Gasteiger partial charge on any atom is -0.496 e. The van der Waals surface area contributed by atoms with Crippen LogP contribution in [0.1, 0.15) is 22.7 Å². The van der Waals surface area contributed by atoms with E-state index in [2.05, 4.69) is 17.4 Å². The zero-order valence-corrected chi connectivity index (χ0v) is 13.5. The number of nitrogens with one attached hydrogen (secondary N) is 1. The molecule has 21 heavy (non-hydrogen) atoms. The van der Waals surface area contributed by atoms with Crippen LogP contribution in [0.15, 0.2) is 36.4 Å². The van der Waals surface area contributed by atoms with Crippen LogP contribution in [0, 0.1) is 6.92 Å². The lowest BCUT2D eigenvalue weighted by Gasteiger charge is -2.22. The Morgan fingerprint density at radius 3 is 2.29 bits per heavy atom. The summed E-state index contributed by atoms with van der Waals surface area (Å²) >= 11 is 6.15. The monoisotopic (exact) mass is 305 g/mol. The summed E-state index contributed by atoms with van der Waals surface area (Å²) in [6, 6.07) is 11.7. The average molecular weight is 306 g/mol. The molecule has 0 aromatic heterocycles. The molecule has 0 bridgehead atoms. The van der Waals surface area contributed by atoms with Crippen molar-refractivity contribution in [3.63, 3.8) is 0 Å². The molecular weight excluding hydrogens is 286 g/mol. The Labute approximate surface area is 130 Å². The van der Waals surface area contributed by atoms with Gasteiger partial charge in [-0.25, -0.2) is 0 Å². The summed E-state index contributed by atoms with van der Waals surface area (Å²) < 4.78 is 11.0. The molecule has 0 amide bonds. The SMILES string of the molecule is CNC(c1ccc(C)cc1OC)c1cc(Cl)ccc1OC. The standard InChI is InChI=1S/C17H20ClNO2/c1-11-5-7-13(16(9-11)21-4)17(19-2)14-10-12(18)6-8-15(14)20-3/h5-10,17,19H,1-4H3. The largest absolute Gasteiger partial charge is 0.496 e. The van der Waals surface area contributed by atoms with Gasteiger partial charge in [0.25, 0.3) is 0 Å². The van der Waals surface area contributed by atoms with E-state index >= 15 is 0 Å². The highest BCUT2D eigenvalue weighted by Crippen LogP contribution is 2.36. The van der Waals surface area contributed by atoms with E-state index in [9.17, 15) is 0 Å². The lowest BCUT2D eigenvalue weighted by molar-refractivity contribution is 0.396. The lowest BCUT2D eigenvalue weighted by Crippen LogP contribution is -2.19. The number of hydrogen-bond acceptors (Lipinski definition) is 3. The molecule has 2 aromatic rings. The fraction of sp³-hybridized carbons (Fsp3) is 0.294. The van der Waals surface area contributed by atoms with Crippen LogP contribution in [0.3, 0.4) is 0 Å². The van der Waals surface area contributed by atoms with Crippen molar-refractivity contribution in [1.29, 1.82) is 0 Å². The Balaban J connectivity index is 2.57. The van der Waals surface area contributed by atoms with E-state index in [0.29, 0.717) is 5.02 Å². The summed E-state index contributed by atoms with van der Waals surface area (Å²) in [7, 11) is 5.25. The van der Waals surface area contributed by atoms with Crippen molar-refractivity contribution in [2.45, 2.75) is 13.0 Å². The maximum Gasteiger partial charge on any atom is 0.124 e. The number of hydrogen-bond donors (Lipinski definition) is 1. The van der Waals surface area contributed by atoms with Crippen molar-refractivity contribution in [2.24, 2.45) is 0 Å². The fourth-order valence-electron chi connectivity index (χ4n) is 2.47. The summed E-state index contributed by atoms with van der Waals surface area (Å²) in [5.74, 6) is 1.64. The Bertz CT molecular complexity index is 628. The van der Waals surface area contributed by atoms with Gasteiger partial charge in [0.15, 0.2) is 0 Å². The third kappa shape index (κ3) is 3.31. The highest BCUT2D eigenvalue weighted by atomic mass is 35.5. The summed E-state index contributed by atoms with van der Waals surface area (Å²) in [5, 5.41) is 3.99. The van der Waals surface area contributed by atoms with Crippen LogP contribution in [0.5, 0.6) is 11.5 Å². The summed E-state index contributed by atoms with van der Waals surface area (Å²) in [5.41, 5.74) is 3.18. The quantitative estimate of drug-likeness (QED) is 0.906. The molecule has 0 aliphatic carbocycles. The Morgan fingerprint density at radius 2 is 1.67 bits per heavy atom. The molecule has 4 heteroatoms. The number of halogens is 1. The van der Waals surface area contributed by atoms with Gasteiger partial charge in [0, 0.05) is 16.1 Å². The Hall–Kier alpha value is -1.71. The van der Waals surface area contributed by atoms with Gasteiger partial charge in [-0.05, 0) is 43.8 Å².